The number of hydrogen-bond donors (Lipinski definition) is 2. The third kappa shape index (κ3) is 13.7. The van der Waals surface area contributed by atoms with Crippen LogP contribution in [0.4, 0.5) is 0 Å². The molecule has 0 bridgehead atoms. The number of carboxylic acids is 2. The van der Waals surface area contributed by atoms with Crippen molar-refractivity contribution in [3.8, 4) is 0 Å². The van der Waals surface area contributed by atoms with Crippen molar-refractivity contribution in [3.63, 3.8) is 0 Å². The summed E-state index contributed by atoms with van der Waals surface area (Å²) in [5.41, 5.74) is 1.39. The maximum Gasteiger partial charge on any atom is 1.00 e. The maximum absolute atomic E-state index is 9.43. The molecular weight excluding hydrogens is 247 g/mol. The van der Waals surface area contributed by atoms with Crippen molar-refractivity contribution < 1.29 is 71.2 Å². The molecule has 0 atom stereocenters. The molecule has 0 aromatic heterocycles. The summed E-state index contributed by atoms with van der Waals surface area (Å²) in [6.07, 6.45) is 2.44. The van der Waals surface area contributed by atoms with Crippen molar-refractivity contribution in [3.05, 3.63) is 42.3 Å². The largest absolute Gasteiger partial charge is 1.00 e. The molecule has 0 aliphatic rings. The van der Waals surface area contributed by atoms with Crippen LogP contribution in [0.25, 0.3) is 0 Å². The van der Waals surface area contributed by atoms with Crippen LogP contribution >= 0.6 is 0 Å². The van der Waals surface area contributed by atoms with Gasteiger partial charge in [0.15, 0.2) is 0 Å². The Labute approximate surface area is 143 Å². The second-order valence-electron chi connectivity index (χ2n) is 3.06. The predicted octanol–water partition coefficient (Wildman–Crippen LogP) is -0.997. The average molecular weight is 262 g/mol. The summed E-state index contributed by atoms with van der Waals surface area (Å²) in [4.78, 5) is 18.9. The first-order valence-corrected chi connectivity index (χ1v) is 4.81. The van der Waals surface area contributed by atoms with E-state index < -0.39 is 18.4 Å². The minimum Gasteiger partial charge on any atom is -0.481 e. The molecule has 0 unspecified atom stereocenters. The summed E-state index contributed by atoms with van der Waals surface area (Å²) in [5.74, 6) is -2.62. The van der Waals surface area contributed by atoms with Gasteiger partial charge in [-0.3, -0.25) is 9.59 Å². The molecule has 5 heteroatoms. The van der Waals surface area contributed by atoms with E-state index in [1.165, 1.54) is 5.56 Å². The Morgan fingerprint density at radius 3 is 1.88 bits per heavy atom. The summed E-state index contributed by atoms with van der Waals surface area (Å²) in [6.45, 7) is 2.08. The van der Waals surface area contributed by atoms with Crippen LogP contribution in [-0.4, -0.2) is 22.2 Å². The molecule has 2 N–H and O–H groups in total. The summed E-state index contributed by atoms with van der Waals surface area (Å²) < 4.78 is 0. The third-order valence-electron chi connectivity index (χ3n) is 1.59. The van der Waals surface area contributed by atoms with Gasteiger partial charge in [0.25, 0.3) is 0 Å². The Morgan fingerprint density at radius 2 is 1.59 bits per heavy atom. The molecule has 0 spiro atoms. The molecular formula is C12H15KO4. The Kier molecular flexibility index (Phi) is 13.8. The molecule has 1 rings (SSSR count). The van der Waals surface area contributed by atoms with E-state index in [2.05, 4.69) is 37.6 Å². The van der Waals surface area contributed by atoms with Crippen LogP contribution in [-0.2, 0) is 16.0 Å². The fraction of sp³-hybridized carbons (Fsp3) is 0.250. The van der Waals surface area contributed by atoms with Crippen LogP contribution in [0.1, 0.15) is 18.9 Å². The molecule has 0 saturated carbocycles. The van der Waals surface area contributed by atoms with E-state index in [1.807, 2.05) is 6.07 Å². The van der Waals surface area contributed by atoms with Crippen LogP contribution in [0.3, 0.4) is 0 Å². The first-order chi connectivity index (χ1) is 7.56. The average Bonchev–Trinajstić information content (AvgIpc) is 2.18. The van der Waals surface area contributed by atoms with E-state index in [4.69, 9.17) is 10.2 Å². The smallest absolute Gasteiger partial charge is 0.481 e. The summed E-state index contributed by atoms with van der Waals surface area (Å²) in [5, 5.41) is 15.4. The predicted molar refractivity (Wildman–Crippen MR) is 60.0 cm³/mol. The molecule has 0 aliphatic heterocycles. The van der Waals surface area contributed by atoms with Gasteiger partial charge in [0, 0.05) is 0 Å². The van der Waals surface area contributed by atoms with E-state index in [0.29, 0.717) is 0 Å². The molecule has 0 aliphatic carbocycles. The van der Waals surface area contributed by atoms with Gasteiger partial charge in [-0.1, -0.05) is 35.9 Å². The van der Waals surface area contributed by atoms with E-state index in [9.17, 15) is 9.59 Å². The number of carbonyl (C=O) groups is 2. The van der Waals surface area contributed by atoms with Crippen molar-refractivity contribution in [1.29, 1.82) is 0 Å². The molecule has 0 radical (unpaired) electrons. The normalized spacial score (nSPS) is 8.29. The minimum absolute atomic E-state index is 0. The molecule has 17 heavy (non-hydrogen) atoms. The zero-order chi connectivity index (χ0) is 12.4. The molecule has 4 nitrogen and oxygen atoms in total. The van der Waals surface area contributed by atoms with Crippen LogP contribution in [0, 0.1) is 6.42 Å². The molecule has 1 aromatic rings. The fourth-order valence-corrected chi connectivity index (χ4v) is 0.979. The number of carboxylic acid groups (broad SMARTS) is 2. The number of hydrogen-bond acceptors (Lipinski definition) is 2. The number of aliphatic carboxylic acids is 2. The van der Waals surface area contributed by atoms with E-state index in [1.54, 1.807) is 0 Å². The van der Waals surface area contributed by atoms with E-state index in [0.717, 1.165) is 6.42 Å². The topological polar surface area (TPSA) is 74.6 Å². The molecule has 0 saturated heterocycles. The third-order valence-corrected chi connectivity index (χ3v) is 1.59. The van der Waals surface area contributed by atoms with Gasteiger partial charge in [-0.15, -0.1) is 0 Å². The Bertz CT molecular complexity index is 313. The van der Waals surface area contributed by atoms with Gasteiger partial charge in [-0.2, -0.15) is 13.3 Å². The van der Waals surface area contributed by atoms with Crippen molar-refractivity contribution in [2.45, 2.75) is 19.8 Å². The van der Waals surface area contributed by atoms with Crippen molar-refractivity contribution in [2.24, 2.45) is 0 Å². The molecule has 88 valence electrons. The van der Waals surface area contributed by atoms with Gasteiger partial charge in [-0.05, 0) is 0 Å². The molecule has 0 amide bonds. The van der Waals surface area contributed by atoms with Gasteiger partial charge in [0.1, 0.15) is 6.42 Å². The van der Waals surface area contributed by atoms with Crippen molar-refractivity contribution in [2.75, 3.05) is 0 Å². The number of rotatable bonds is 4. The zero-order valence-corrected chi connectivity index (χ0v) is 13.2. The van der Waals surface area contributed by atoms with E-state index in [-0.39, 0.29) is 51.4 Å². The summed E-state index contributed by atoms with van der Waals surface area (Å²) in [6, 6.07) is 10.5. The number of benzene rings is 1. The Balaban J connectivity index is 0. The second kappa shape index (κ2) is 12.3. The molecule has 1 aromatic carbocycles. The molecule has 0 heterocycles. The monoisotopic (exact) mass is 262 g/mol. The van der Waals surface area contributed by atoms with Crippen LogP contribution < -0.4 is 51.4 Å². The van der Waals surface area contributed by atoms with Gasteiger partial charge in [-0.25, -0.2) is 0 Å². The quantitative estimate of drug-likeness (QED) is 0.415. The van der Waals surface area contributed by atoms with Crippen molar-refractivity contribution >= 4 is 11.9 Å². The Morgan fingerprint density at radius 1 is 1.12 bits per heavy atom. The standard InChI is InChI=1S/C9H11.C3H4O4.K/c1-2-6-9-7-4-3-5-8-9;4-2(5)1-3(6)7;/h2-5,7-8H,6H2,1H3;1H2,(H,4,5)(H,6,7);/q-1;;+1. The summed E-state index contributed by atoms with van der Waals surface area (Å²) in [7, 11) is 0. The van der Waals surface area contributed by atoms with Gasteiger partial charge < -0.3 is 16.6 Å². The van der Waals surface area contributed by atoms with Crippen LogP contribution in [0.5, 0.6) is 0 Å². The SMILES string of the molecule is C[CH-]Cc1ccccc1.O=C(O)CC(=O)O.[K+]. The second-order valence-corrected chi connectivity index (χ2v) is 3.06. The first-order valence-electron chi connectivity index (χ1n) is 4.81. The van der Waals surface area contributed by atoms with Crippen LogP contribution in [0.2, 0.25) is 0 Å². The van der Waals surface area contributed by atoms with Crippen molar-refractivity contribution in [1.82, 2.24) is 0 Å². The zero-order valence-electron chi connectivity index (χ0n) is 10.1. The Hall–Kier alpha value is -0.204. The fourth-order valence-electron chi connectivity index (χ4n) is 0.979. The van der Waals surface area contributed by atoms with Gasteiger partial charge in [0.2, 0.25) is 0 Å². The minimum atomic E-state index is -1.31. The molecule has 0 fully saturated rings. The maximum atomic E-state index is 9.43. The summed E-state index contributed by atoms with van der Waals surface area (Å²) >= 11 is 0. The van der Waals surface area contributed by atoms with Gasteiger partial charge >= 0.3 is 63.3 Å². The van der Waals surface area contributed by atoms with Gasteiger partial charge in [0.05, 0.1) is 0 Å². The van der Waals surface area contributed by atoms with E-state index >= 15 is 0 Å². The van der Waals surface area contributed by atoms with Crippen LogP contribution in [0.15, 0.2) is 30.3 Å². The first kappa shape index (κ1) is 19.1.